The lowest BCUT2D eigenvalue weighted by atomic mass is 10.2. The molecule has 0 saturated heterocycles. The Morgan fingerprint density at radius 2 is 1.00 bits per heavy atom. The van der Waals surface area contributed by atoms with Crippen molar-refractivity contribution in [3.05, 3.63) is 24.3 Å². The van der Waals surface area contributed by atoms with Gasteiger partial charge in [-0.3, -0.25) is 18.7 Å². The fraction of sp³-hybridized carbons (Fsp3) is 0. The average molecular weight is 224 g/mol. The van der Waals surface area contributed by atoms with E-state index >= 15 is 0 Å². The zero-order valence-electron chi connectivity index (χ0n) is 6.75. The van der Waals surface area contributed by atoms with Crippen LogP contribution in [-0.2, 0) is 20.0 Å². The van der Waals surface area contributed by atoms with E-state index in [9.17, 15) is 9.59 Å². The van der Waals surface area contributed by atoms with Crippen LogP contribution in [0.15, 0.2) is 24.3 Å². The third kappa shape index (κ3) is 13.3. The van der Waals surface area contributed by atoms with Gasteiger partial charge in [-0.1, -0.05) is 0 Å². The van der Waals surface area contributed by atoms with Crippen molar-refractivity contribution in [2.75, 3.05) is 0 Å². The largest absolute Gasteiger partial charge is 0.412 e. The third-order valence-corrected chi connectivity index (χ3v) is 0.824. The minimum atomic E-state index is -4.67. The Kier molecular flexibility index (Phi) is 6.66. The van der Waals surface area contributed by atoms with E-state index in [1.807, 2.05) is 0 Å². The van der Waals surface area contributed by atoms with Crippen molar-refractivity contribution in [2.45, 2.75) is 0 Å². The summed E-state index contributed by atoms with van der Waals surface area (Å²) >= 11 is 0. The molecule has 0 atom stereocenters. The fourth-order valence-corrected chi connectivity index (χ4v) is 0.440. The molecule has 80 valence electrons. The SMILES string of the molecule is O.O=C1C=CC(=O)C=C1.O=S(=O)(O)O. The van der Waals surface area contributed by atoms with Crippen LogP contribution in [0.25, 0.3) is 0 Å². The summed E-state index contributed by atoms with van der Waals surface area (Å²) < 4.78 is 31.6. The molecule has 0 bridgehead atoms. The van der Waals surface area contributed by atoms with Crippen molar-refractivity contribution >= 4 is 22.0 Å². The van der Waals surface area contributed by atoms with Crippen molar-refractivity contribution in [2.24, 2.45) is 0 Å². The lowest BCUT2D eigenvalue weighted by molar-refractivity contribution is -0.113. The average Bonchev–Trinajstić information content (AvgIpc) is 1.92. The molecule has 0 spiro atoms. The molecule has 4 N–H and O–H groups in total. The van der Waals surface area contributed by atoms with Gasteiger partial charge in [-0.25, -0.2) is 0 Å². The van der Waals surface area contributed by atoms with Crippen LogP contribution in [-0.4, -0.2) is 34.6 Å². The van der Waals surface area contributed by atoms with Gasteiger partial charge in [0.25, 0.3) is 0 Å². The van der Waals surface area contributed by atoms with Crippen LogP contribution >= 0.6 is 0 Å². The molecular weight excluding hydrogens is 216 g/mol. The van der Waals surface area contributed by atoms with E-state index in [0.29, 0.717) is 0 Å². The number of carbonyl (C=O) groups is 2. The fourth-order valence-electron chi connectivity index (χ4n) is 0.440. The van der Waals surface area contributed by atoms with E-state index in [-0.39, 0.29) is 17.0 Å². The highest BCUT2D eigenvalue weighted by Crippen LogP contribution is 1.90. The Hall–Kier alpha value is -1.35. The predicted octanol–water partition coefficient (Wildman–Crippen LogP) is -1.23. The van der Waals surface area contributed by atoms with Gasteiger partial charge in [-0.2, -0.15) is 8.42 Å². The van der Waals surface area contributed by atoms with Crippen molar-refractivity contribution in [3.8, 4) is 0 Å². The Bertz CT molecular complexity index is 316. The summed E-state index contributed by atoms with van der Waals surface area (Å²) in [5, 5.41) is 0. The second kappa shape index (κ2) is 6.16. The summed E-state index contributed by atoms with van der Waals surface area (Å²) in [4.78, 5) is 20.6. The molecule has 0 radical (unpaired) electrons. The third-order valence-electron chi connectivity index (χ3n) is 0.824. The summed E-state index contributed by atoms with van der Waals surface area (Å²) in [6.07, 6.45) is 5.01. The van der Waals surface area contributed by atoms with Gasteiger partial charge in [0.15, 0.2) is 11.6 Å². The molecule has 1 rings (SSSR count). The van der Waals surface area contributed by atoms with Crippen LogP contribution in [0.4, 0.5) is 0 Å². The van der Waals surface area contributed by atoms with E-state index in [0.717, 1.165) is 0 Å². The Balaban J connectivity index is 0. The maximum atomic E-state index is 10.3. The molecule has 0 aromatic carbocycles. The monoisotopic (exact) mass is 224 g/mol. The van der Waals surface area contributed by atoms with Gasteiger partial charge in [-0.15, -0.1) is 0 Å². The van der Waals surface area contributed by atoms with E-state index in [1.165, 1.54) is 24.3 Å². The van der Waals surface area contributed by atoms with E-state index in [1.54, 1.807) is 0 Å². The number of rotatable bonds is 0. The zero-order valence-corrected chi connectivity index (χ0v) is 7.56. The van der Waals surface area contributed by atoms with Crippen molar-refractivity contribution in [1.82, 2.24) is 0 Å². The lowest BCUT2D eigenvalue weighted by Crippen LogP contribution is -1.97. The van der Waals surface area contributed by atoms with Gasteiger partial charge < -0.3 is 5.48 Å². The maximum absolute atomic E-state index is 10.3. The summed E-state index contributed by atoms with van der Waals surface area (Å²) in [5.41, 5.74) is 0. The van der Waals surface area contributed by atoms with Crippen molar-refractivity contribution < 1.29 is 32.6 Å². The quantitative estimate of drug-likeness (QED) is 0.390. The van der Waals surface area contributed by atoms with E-state index < -0.39 is 10.4 Å². The topological polar surface area (TPSA) is 140 Å². The molecular formula is C6H8O7S. The first-order chi connectivity index (χ1) is 5.79. The van der Waals surface area contributed by atoms with Gasteiger partial charge >= 0.3 is 10.4 Å². The van der Waals surface area contributed by atoms with Crippen molar-refractivity contribution in [3.63, 3.8) is 0 Å². The predicted molar refractivity (Wildman–Crippen MR) is 46.1 cm³/mol. The number of allylic oxidation sites excluding steroid dienone is 4. The van der Waals surface area contributed by atoms with E-state index in [2.05, 4.69) is 0 Å². The zero-order chi connectivity index (χ0) is 10.5. The molecule has 14 heavy (non-hydrogen) atoms. The van der Waals surface area contributed by atoms with Gasteiger partial charge in [-0.05, 0) is 24.3 Å². The first-order valence-corrected chi connectivity index (χ1v) is 4.33. The number of ketones is 2. The van der Waals surface area contributed by atoms with Crippen LogP contribution in [0.3, 0.4) is 0 Å². The highest BCUT2D eigenvalue weighted by Gasteiger charge is 1.97. The van der Waals surface area contributed by atoms with Crippen LogP contribution < -0.4 is 0 Å². The molecule has 8 heteroatoms. The molecule has 0 amide bonds. The molecule has 0 aliphatic heterocycles. The molecule has 7 nitrogen and oxygen atoms in total. The maximum Gasteiger partial charge on any atom is 0.394 e. The molecule has 1 aliphatic carbocycles. The van der Waals surface area contributed by atoms with Crippen LogP contribution in [0.1, 0.15) is 0 Å². The Morgan fingerprint density at radius 1 is 0.857 bits per heavy atom. The molecule has 0 saturated carbocycles. The van der Waals surface area contributed by atoms with Gasteiger partial charge in [0.1, 0.15) is 0 Å². The van der Waals surface area contributed by atoms with Gasteiger partial charge in [0, 0.05) is 0 Å². The number of hydrogen-bond acceptors (Lipinski definition) is 4. The van der Waals surface area contributed by atoms with Gasteiger partial charge in [0.05, 0.1) is 0 Å². The highest BCUT2D eigenvalue weighted by atomic mass is 32.3. The second-order valence-electron chi connectivity index (χ2n) is 1.92. The van der Waals surface area contributed by atoms with Crippen LogP contribution in [0.5, 0.6) is 0 Å². The van der Waals surface area contributed by atoms with Crippen LogP contribution in [0, 0.1) is 0 Å². The van der Waals surface area contributed by atoms with Gasteiger partial charge in [0.2, 0.25) is 0 Å². The Labute approximate surface area is 79.6 Å². The molecule has 0 fully saturated rings. The molecule has 0 heterocycles. The minimum absolute atomic E-state index is 0. The summed E-state index contributed by atoms with van der Waals surface area (Å²) in [5.74, 6) is -0.241. The standard InChI is InChI=1S/C6H4O2.H2O4S.H2O/c7-5-1-2-6(8)4-3-5;1-5(2,3)4;/h1-4H;(H2,1,2,3,4);1H2. The summed E-state index contributed by atoms with van der Waals surface area (Å²) in [6.45, 7) is 0. The number of carbonyl (C=O) groups excluding carboxylic acids is 2. The first kappa shape index (κ1) is 15.1. The summed E-state index contributed by atoms with van der Waals surface area (Å²) in [6, 6.07) is 0. The highest BCUT2D eigenvalue weighted by molar-refractivity contribution is 7.79. The number of hydrogen-bond donors (Lipinski definition) is 2. The van der Waals surface area contributed by atoms with Crippen molar-refractivity contribution in [1.29, 1.82) is 0 Å². The van der Waals surface area contributed by atoms with E-state index in [4.69, 9.17) is 17.5 Å². The lowest BCUT2D eigenvalue weighted by Gasteiger charge is -1.87. The molecule has 0 aromatic heterocycles. The normalized spacial score (nSPS) is 14.1. The molecule has 1 aliphatic rings. The second-order valence-corrected chi connectivity index (χ2v) is 2.81. The Morgan fingerprint density at radius 3 is 1.14 bits per heavy atom. The molecule has 0 aromatic rings. The first-order valence-electron chi connectivity index (χ1n) is 2.93. The summed E-state index contributed by atoms with van der Waals surface area (Å²) in [7, 11) is -4.67. The smallest absolute Gasteiger partial charge is 0.394 e. The van der Waals surface area contributed by atoms with Crippen LogP contribution in [0.2, 0.25) is 0 Å². The minimum Gasteiger partial charge on any atom is -0.412 e. The molecule has 0 unspecified atom stereocenters.